The molecule has 0 unspecified atom stereocenters. The summed E-state index contributed by atoms with van der Waals surface area (Å²) in [6.07, 6.45) is 1.89. The number of nitrogens with zero attached hydrogens (tertiary/aromatic N) is 3. The Morgan fingerprint density at radius 2 is 1.95 bits per heavy atom. The van der Waals surface area contributed by atoms with E-state index >= 15 is 0 Å². The van der Waals surface area contributed by atoms with E-state index in [4.69, 9.17) is 4.52 Å². The zero-order valence-electron chi connectivity index (χ0n) is 12.4. The van der Waals surface area contributed by atoms with Gasteiger partial charge >= 0.3 is 0 Å². The van der Waals surface area contributed by atoms with E-state index in [-0.39, 0.29) is 0 Å². The van der Waals surface area contributed by atoms with Crippen LogP contribution in [0.15, 0.2) is 10.6 Å². The summed E-state index contributed by atoms with van der Waals surface area (Å²) >= 11 is 0. The lowest BCUT2D eigenvalue weighted by atomic mass is 10.2. The molecule has 2 heterocycles. The summed E-state index contributed by atoms with van der Waals surface area (Å²) in [6.45, 7) is 6.58. The van der Waals surface area contributed by atoms with Crippen LogP contribution in [0.2, 0.25) is 0 Å². The molecule has 2 aromatic heterocycles. The lowest BCUT2D eigenvalue weighted by Gasteiger charge is -2.12. The molecule has 0 atom stereocenters. The first-order valence-electron chi connectivity index (χ1n) is 6.85. The monoisotopic (exact) mass is 275 g/mol. The molecule has 0 amide bonds. The first kappa shape index (κ1) is 14.3. The number of anilines is 2. The third-order valence-corrected chi connectivity index (χ3v) is 3.01. The van der Waals surface area contributed by atoms with Gasteiger partial charge in [0.2, 0.25) is 0 Å². The zero-order chi connectivity index (χ0) is 14.5. The van der Waals surface area contributed by atoms with Crippen LogP contribution >= 0.6 is 0 Å². The average molecular weight is 275 g/mol. The summed E-state index contributed by atoms with van der Waals surface area (Å²) in [5.74, 6) is 3.34. The largest absolute Gasteiger partial charge is 0.373 e. The van der Waals surface area contributed by atoms with Crippen molar-refractivity contribution in [3.8, 4) is 0 Å². The number of aromatic nitrogens is 3. The lowest BCUT2D eigenvalue weighted by molar-refractivity contribution is 0.384. The lowest BCUT2D eigenvalue weighted by Crippen LogP contribution is -2.09. The molecule has 6 heteroatoms. The van der Waals surface area contributed by atoms with Crippen molar-refractivity contribution in [1.29, 1.82) is 0 Å². The third-order valence-electron chi connectivity index (χ3n) is 3.01. The van der Waals surface area contributed by atoms with Crippen LogP contribution in [0.5, 0.6) is 0 Å². The molecule has 0 aromatic carbocycles. The fourth-order valence-corrected chi connectivity index (χ4v) is 1.98. The van der Waals surface area contributed by atoms with Crippen LogP contribution in [0.1, 0.15) is 36.2 Å². The molecule has 2 rings (SSSR count). The minimum atomic E-state index is 0.563. The molecular formula is C14H21N5O. The Kier molecular flexibility index (Phi) is 4.55. The SMILES string of the molecule is CCCc1nc(NC)c(C)c(NCc2cc(C)no2)n1. The molecule has 108 valence electrons. The standard InChI is InChI=1S/C14H21N5O/c1-5-6-12-17-13(15-4)10(3)14(18-12)16-8-11-7-9(2)19-20-11/h7H,5-6,8H2,1-4H3,(H2,15,16,17,18). The molecule has 0 radical (unpaired) electrons. The van der Waals surface area contributed by atoms with Crippen LogP contribution in [-0.4, -0.2) is 22.2 Å². The van der Waals surface area contributed by atoms with Gasteiger partial charge in [-0.1, -0.05) is 12.1 Å². The Labute approximate surface area is 119 Å². The molecule has 0 saturated carbocycles. The van der Waals surface area contributed by atoms with Crippen molar-refractivity contribution in [2.45, 2.75) is 40.2 Å². The van der Waals surface area contributed by atoms with Gasteiger partial charge in [0, 0.05) is 25.1 Å². The Bertz CT molecular complexity index is 579. The molecule has 0 aliphatic heterocycles. The van der Waals surface area contributed by atoms with Crippen molar-refractivity contribution in [3.05, 3.63) is 28.9 Å². The Hall–Kier alpha value is -2.11. The average Bonchev–Trinajstić information content (AvgIpc) is 2.85. The van der Waals surface area contributed by atoms with Gasteiger partial charge in [0.1, 0.15) is 17.5 Å². The maximum absolute atomic E-state index is 5.19. The number of rotatable bonds is 6. The minimum Gasteiger partial charge on any atom is -0.373 e. The number of hydrogen-bond donors (Lipinski definition) is 2. The molecule has 0 aliphatic carbocycles. The van der Waals surface area contributed by atoms with Crippen molar-refractivity contribution in [1.82, 2.24) is 15.1 Å². The van der Waals surface area contributed by atoms with Crippen LogP contribution < -0.4 is 10.6 Å². The van der Waals surface area contributed by atoms with Crippen LogP contribution in [0.4, 0.5) is 11.6 Å². The molecule has 0 spiro atoms. The van der Waals surface area contributed by atoms with Crippen molar-refractivity contribution >= 4 is 11.6 Å². The maximum Gasteiger partial charge on any atom is 0.156 e. The normalized spacial score (nSPS) is 10.6. The predicted octanol–water partition coefficient (Wildman–Crippen LogP) is 2.69. The van der Waals surface area contributed by atoms with Gasteiger partial charge < -0.3 is 15.2 Å². The molecule has 0 bridgehead atoms. The van der Waals surface area contributed by atoms with E-state index in [1.54, 1.807) is 0 Å². The zero-order valence-corrected chi connectivity index (χ0v) is 12.4. The summed E-state index contributed by atoms with van der Waals surface area (Å²) in [6, 6.07) is 1.91. The number of hydrogen-bond acceptors (Lipinski definition) is 6. The van der Waals surface area contributed by atoms with Crippen LogP contribution in [-0.2, 0) is 13.0 Å². The van der Waals surface area contributed by atoms with E-state index in [1.807, 2.05) is 27.0 Å². The summed E-state index contributed by atoms with van der Waals surface area (Å²) in [7, 11) is 1.87. The van der Waals surface area contributed by atoms with Gasteiger partial charge in [-0.3, -0.25) is 0 Å². The highest BCUT2D eigenvalue weighted by molar-refractivity contribution is 5.57. The minimum absolute atomic E-state index is 0.563. The highest BCUT2D eigenvalue weighted by Gasteiger charge is 2.10. The number of nitrogens with one attached hydrogen (secondary N) is 2. The van der Waals surface area contributed by atoms with E-state index in [1.165, 1.54) is 0 Å². The fourth-order valence-electron chi connectivity index (χ4n) is 1.98. The van der Waals surface area contributed by atoms with Gasteiger partial charge in [0.25, 0.3) is 0 Å². The van der Waals surface area contributed by atoms with Gasteiger partial charge in [-0.05, 0) is 20.3 Å². The van der Waals surface area contributed by atoms with E-state index in [2.05, 4.69) is 32.7 Å². The Morgan fingerprint density at radius 1 is 1.20 bits per heavy atom. The van der Waals surface area contributed by atoms with Crippen molar-refractivity contribution in [3.63, 3.8) is 0 Å². The van der Waals surface area contributed by atoms with Gasteiger partial charge in [0.05, 0.1) is 12.2 Å². The molecule has 0 fully saturated rings. The number of aryl methyl sites for hydroxylation is 2. The summed E-state index contributed by atoms with van der Waals surface area (Å²) in [5.41, 5.74) is 1.88. The second kappa shape index (κ2) is 6.36. The Morgan fingerprint density at radius 3 is 2.55 bits per heavy atom. The van der Waals surface area contributed by atoms with Gasteiger partial charge in [-0.2, -0.15) is 0 Å². The first-order valence-corrected chi connectivity index (χ1v) is 6.85. The molecule has 0 aliphatic rings. The van der Waals surface area contributed by atoms with E-state index in [0.717, 1.165) is 47.3 Å². The summed E-state index contributed by atoms with van der Waals surface area (Å²) in [5, 5.41) is 10.3. The highest BCUT2D eigenvalue weighted by atomic mass is 16.5. The quantitative estimate of drug-likeness (QED) is 0.844. The molecule has 6 nitrogen and oxygen atoms in total. The molecule has 2 N–H and O–H groups in total. The molecule has 20 heavy (non-hydrogen) atoms. The van der Waals surface area contributed by atoms with E-state index in [0.29, 0.717) is 6.54 Å². The summed E-state index contributed by atoms with van der Waals surface area (Å²) < 4.78 is 5.19. The molecule has 0 saturated heterocycles. The van der Waals surface area contributed by atoms with Crippen molar-refractivity contribution in [2.75, 3.05) is 17.7 Å². The van der Waals surface area contributed by atoms with E-state index in [9.17, 15) is 0 Å². The van der Waals surface area contributed by atoms with Crippen LogP contribution in [0.25, 0.3) is 0 Å². The third kappa shape index (κ3) is 3.26. The highest BCUT2D eigenvalue weighted by Crippen LogP contribution is 2.20. The van der Waals surface area contributed by atoms with Gasteiger partial charge in [-0.15, -0.1) is 0 Å². The van der Waals surface area contributed by atoms with Gasteiger partial charge in [-0.25, -0.2) is 9.97 Å². The predicted molar refractivity (Wildman–Crippen MR) is 78.9 cm³/mol. The Balaban J connectivity index is 2.18. The van der Waals surface area contributed by atoms with E-state index < -0.39 is 0 Å². The van der Waals surface area contributed by atoms with Crippen LogP contribution in [0, 0.1) is 13.8 Å². The topological polar surface area (TPSA) is 75.9 Å². The first-order chi connectivity index (χ1) is 9.63. The fraction of sp³-hybridized carbons (Fsp3) is 0.500. The van der Waals surface area contributed by atoms with Crippen molar-refractivity contribution in [2.24, 2.45) is 0 Å². The molecule has 2 aromatic rings. The van der Waals surface area contributed by atoms with Gasteiger partial charge in [0.15, 0.2) is 5.76 Å². The maximum atomic E-state index is 5.19. The smallest absolute Gasteiger partial charge is 0.156 e. The summed E-state index contributed by atoms with van der Waals surface area (Å²) in [4.78, 5) is 9.07. The second-order valence-corrected chi connectivity index (χ2v) is 4.75. The molecular weight excluding hydrogens is 254 g/mol. The second-order valence-electron chi connectivity index (χ2n) is 4.75. The van der Waals surface area contributed by atoms with Crippen LogP contribution in [0.3, 0.4) is 0 Å². The van der Waals surface area contributed by atoms with Crippen molar-refractivity contribution < 1.29 is 4.52 Å².